The van der Waals surface area contributed by atoms with Gasteiger partial charge in [0.15, 0.2) is 0 Å². The van der Waals surface area contributed by atoms with Gasteiger partial charge in [-0.25, -0.2) is 0 Å². The Hall–Kier alpha value is -0.900. The molecule has 0 unspecified atom stereocenters. The van der Waals surface area contributed by atoms with E-state index in [4.69, 9.17) is 0 Å². The zero-order chi connectivity index (χ0) is 13.6. The fraction of sp³-hybridized carbons (Fsp3) is 0.857. The first-order valence-electron chi connectivity index (χ1n) is 7.07. The van der Waals surface area contributed by atoms with Gasteiger partial charge in [0.2, 0.25) is 5.91 Å². The Morgan fingerprint density at radius 3 is 2.67 bits per heavy atom. The molecule has 4 heteroatoms. The second kappa shape index (κ2) is 12.6. The van der Waals surface area contributed by atoms with Crippen molar-refractivity contribution in [2.75, 3.05) is 20.1 Å². The van der Waals surface area contributed by atoms with Crippen LogP contribution in [0, 0.1) is 0 Å². The number of nitrogens with one attached hydrogen (secondary N) is 2. The maximum atomic E-state index is 10.6. The summed E-state index contributed by atoms with van der Waals surface area (Å²) in [7, 11) is 1.95. The van der Waals surface area contributed by atoms with Crippen LogP contribution < -0.4 is 10.6 Å². The molecule has 0 aliphatic carbocycles. The lowest BCUT2D eigenvalue weighted by Gasteiger charge is -1.97. The van der Waals surface area contributed by atoms with E-state index in [-0.39, 0.29) is 5.91 Å². The maximum Gasteiger partial charge on any atom is 0.219 e. The third-order valence-electron chi connectivity index (χ3n) is 2.86. The molecule has 1 aliphatic rings. The normalized spacial score (nSPS) is 15.1. The van der Waals surface area contributed by atoms with Crippen LogP contribution in [0.5, 0.6) is 0 Å². The summed E-state index contributed by atoms with van der Waals surface area (Å²) in [6.07, 6.45) is 8.33. The van der Waals surface area contributed by atoms with Gasteiger partial charge in [0.05, 0.1) is 0 Å². The third-order valence-corrected chi connectivity index (χ3v) is 2.86. The highest BCUT2D eigenvalue weighted by Gasteiger charge is 2.03. The Morgan fingerprint density at radius 1 is 1.22 bits per heavy atom. The van der Waals surface area contributed by atoms with Crippen molar-refractivity contribution in [2.45, 2.75) is 58.3 Å². The number of carbonyl (C=O) groups is 2. The zero-order valence-electron chi connectivity index (χ0n) is 11.9. The molecule has 1 heterocycles. The molecule has 4 nitrogen and oxygen atoms in total. The average molecular weight is 256 g/mol. The van der Waals surface area contributed by atoms with Gasteiger partial charge in [-0.05, 0) is 46.2 Å². The number of ketones is 1. The largest absolute Gasteiger partial charge is 0.356 e. The minimum absolute atomic E-state index is 0.225. The van der Waals surface area contributed by atoms with Crippen molar-refractivity contribution >= 4 is 11.7 Å². The predicted molar refractivity (Wildman–Crippen MR) is 74.6 cm³/mol. The molecule has 1 amide bonds. The Kier molecular flexibility index (Phi) is 11.9. The van der Waals surface area contributed by atoms with Crippen molar-refractivity contribution in [3.8, 4) is 0 Å². The highest BCUT2D eigenvalue weighted by Crippen LogP contribution is 2.02. The number of unbranched alkanes of at least 4 members (excludes halogenated alkanes) is 2. The van der Waals surface area contributed by atoms with Crippen LogP contribution in [0.2, 0.25) is 0 Å². The van der Waals surface area contributed by atoms with Gasteiger partial charge in [-0.15, -0.1) is 0 Å². The molecular weight excluding hydrogens is 228 g/mol. The van der Waals surface area contributed by atoms with E-state index in [1.165, 1.54) is 19.3 Å². The van der Waals surface area contributed by atoms with Crippen molar-refractivity contribution < 1.29 is 9.59 Å². The lowest BCUT2D eigenvalue weighted by atomic mass is 10.1. The Bertz CT molecular complexity index is 220. The first kappa shape index (κ1) is 17.1. The van der Waals surface area contributed by atoms with E-state index in [0.717, 1.165) is 45.2 Å². The topological polar surface area (TPSA) is 58.2 Å². The molecule has 0 aromatic rings. The van der Waals surface area contributed by atoms with Gasteiger partial charge in [-0.1, -0.05) is 12.8 Å². The molecule has 106 valence electrons. The van der Waals surface area contributed by atoms with Crippen molar-refractivity contribution in [1.82, 2.24) is 10.6 Å². The Morgan fingerprint density at radius 2 is 2.00 bits per heavy atom. The summed E-state index contributed by atoms with van der Waals surface area (Å²) < 4.78 is 0. The molecule has 2 N–H and O–H groups in total. The molecule has 1 aliphatic heterocycles. The minimum Gasteiger partial charge on any atom is -0.356 e. The molecule has 18 heavy (non-hydrogen) atoms. The monoisotopic (exact) mass is 256 g/mol. The van der Waals surface area contributed by atoms with E-state index in [1.54, 1.807) is 6.92 Å². The van der Waals surface area contributed by atoms with Gasteiger partial charge in [-0.2, -0.15) is 0 Å². The molecule has 0 bridgehead atoms. The molecule has 1 fully saturated rings. The molecule has 0 spiro atoms. The predicted octanol–water partition coefficient (Wildman–Crippen LogP) is 2.03. The molecule has 0 aromatic heterocycles. The molecule has 0 aromatic carbocycles. The van der Waals surface area contributed by atoms with Gasteiger partial charge in [0, 0.05) is 19.4 Å². The number of amides is 1. The first-order chi connectivity index (χ1) is 8.66. The smallest absolute Gasteiger partial charge is 0.219 e. The Labute approximate surface area is 111 Å². The summed E-state index contributed by atoms with van der Waals surface area (Å²) in [6, 6.07) is 0. The lowest BCUT2D eigenvalue weighted by molar-refractivity contribution is -0.120. The van der Waals surface area contributed by atoms with Crippen LogP contribution in [0.1, 0.15) is 58.3 Å². The van der Waals surface area contributed by atoms with E-state index in [1.807, 2.05) is 7.05 Å². The molecule has 0 saturated carbocycles. The third kappa shape index (κ3) is 13.2. The summed E-state index contributed by atoms with van der Waals surface area (Å²) in [5.74, 6) is 0.534. The van der Waals surface area contributed by atoms with Crippen molar-refractivity contribution in [2.24, 2.45) is 0 Å². The zero-order valence-corrected chi connectivity index (χ0v) is 11.9. The lowest BCUT2D eigenvalue weighted by Crippen LogP contribution is -2.21. The highest BCUT2D eigenvalue weighted by atomic mass is 16.1. The van der Waals surface area contributed by atoms with E-state index in [9.17, 15) is 9.59 Å². The van der Waals surface area contributed by atoms with E-state index in [2.05, 4.69) is 10.6 Å². The molecule has 0 radical (unpaired) electrons. The molecule has 0 atom stereocenters. The van der Waals surface area contributed by atoms with Gasteiger partial charge < -0.3 is 15.4 Å². The van der Waals surface area contributed by atoms with Crippen LogP contribution in [0.3, 0.4) is 0 Å². The fourth-order valence-corrected chi connectivity index (χ4v) is 1.76. The van der Waals surface area contributed by atoms with Gasteiger partial charge in [0.1, 0.15) is 5.78 Å². The fourth-order valence-electron chi connectivity index (χ4n) is 1.76. The number of Topliss-reactive ketones (excluding diaryl/α,β-unsaturated/α-hetero) is 1. The van der Waals surface area contributed by atoms with Crippen molar-refractivity contribution in [3.05, 3.63) is 0 Å². The summed E-state index contributed by atoms with van der Waals surface area (Å²) >= 11 is 0. The summed E-state index contributed by atoms with van der Waals surface area (Å²) in [6.45, 7) is 3.61. The van der Waals surface area contributed by atoms with Crippen LogP contribution in [0.4, 0.5) is 0 Å². The van der Waals surface area contributed by atoms with Gasteiger partial charge >= 0.3 is 0 Å². The van der Waals surface area contributed by atoms with Crippen LogP contribution in [0.25, 0.3) is 0 Å². The van der Waals surface area contributed by atoms with Crippen LogP contribution in [-0.2, 0) is 9.59 Å². The van der Waals surface area contributed by atoms with Crippen LogP contribution in [-0.4, -0.2) is 31.8 Å². The van der Waals surface area contributed by atoms with E-state index >= 15 is 0 Å². The highest BCUT2D eigenvalue weighted by molar-refractivity contribution is 5.76. The van der Waals surface area contributed by atoms with Crippen molar-refractivity contribution in [1.29, 1.82) is 0 Å². The minimum atomic E-state index is 0.225. The second-order valence-corrected chi connectivity index (χ2v) is 4.78. The molecular formula is C14H28N2O2. The van der Waals surface area contributed by atoms with Crippen LogP contribution in [0.15, 0.2) is 0 Å². The summed E-state index contributed by atoms with van der Waals surface area (Å²) in [5.41, 5.74) is 0. The molecule has 1 rings (SSSR count). The second-order valence-electron chi connectivity index (χ2n) is 4.78. The van der Waals surface area contributed by atoms with E-state index in [0.29, 0.717) is 5.78 Å². The van der Waals surface area contributed by atoms with Crippen molar-refractivity contribution in [3.63, 3.8) is 0 Å². The average Bonchev–Trinajstić information content (AvgIpc) is 2.57. The van der Waals surface area contributed by atoms with E-state index < -0.39 is 0 Å². The number of hydrogen-bond donors (Lipinski definition) is 2. The number of carbonyl (C=O) groups excluding carboxylic acids is 2. The number of hydrogen-bond acceptors (Lipinski definition) is 3. The summed E-state index contributed by atoms with van der Waals surface area (Å²) in [5, 5.41) is 5.88. The number of rotatable bonds is 6. The SMILES string of the molecule is CNCCCCCC(C)=O.O=C1CCCCCN1. The molecule has 1 saturated heterocycles. The van der Waals surface area contributed by atoms with Gasteiger partial charge in [0.25, 0.3) is 0 Å². The summed E-state index contributed by atoms with van der Waals surface area (Å²) in [4.78, 5) is 21.0. The standard InChI is InChI=1S/C8H17NO.C6H11NO/c1-8(10)6-4-3-5-7-9-2;8-6-4-2-1-3-5-7-6/h9H,3-7H2,1-2H3;1-5H2,(H,7,8). The maximum absolute atomic E-state index is 10.6. The van der Waals surface area contributed by atoms with Crippen LogP contribution >= 0.6 is 0 Å². The Balaban J connectivity index is 0.000000327. The van der Waals surface area contributed by atoms with Gasteiger partial charge in [-0.3, -0.25) is 4.79 Å². The quantitative estimate of drug-likeness (QED) is 0.715. The first-order valence-corrected chi connectivity index (χ1v) is 7.07.